The molecule has 2 aromatic heterocycles. The molecule has 200 valence electrons. The summed E-state index contributed by atoms with van der Waals surface area (Å²) in [7, 11) is 0. The summed E-state index contributed by atoms with van der Waals surface area (Å²) in [4.78, 5) is 33.5. The maximum atomic E-state index is 13.0. The van der Waals surface area contributed by atoms with Crippen molar-refractivity contribution in [2.75, 3.05) is 26.2 Å². The van der Waals surface area contributed by atoms with Crippen LogP contribution in [-0.4, -0.2) is 56.2 Å². The van der Waals surface area contributed by atoms with Crippen LogP contribution in [0.4, 0.5) is 5.69 Å². The van der Waals surface area contributed by atoms with Crippen LogP contribution < -0.4 is 0 Å². The lowest BCUT2D eigenvalue weighted by Crippen LogP contribution is -2.49. The number of non-ortho nitro benzene ring substituents is 1. The third kappa shape index (κ3) is 5.16. The molecule has 0 bridgehead atoms. The molecular weight excluding hydrogens is 490 g/mol. The minimum atomic E-state index is -0.366. The fourth-order valence-corrected chi connectivity index (χ4v) is 6.01. The molecule has 2 fully saturated rings. The molecule has 2 aromatic carbocycles. The summed E-state index contributed by atoms with van der Waals surface area (Å²) in [5.74, 6) is 0.526. The molecule has 8 nitrogen and oxygen atoms in total. The van der Waals surface area contributed by atoms with Crippen molar-refractivity contribution in [3.05, 3.63) is 88.2 Å². The van der Waals surface area contributed by atoms with Gasteiger partial charge in [0.15, 0.2) is 0 Å². The number of pyridine rings is 1. The van der Waals surface area contributed by atoms with Crippen molar-refractivity contribution in [3.63, 3.8) is 0 Å². The van der Waals surface area contributed by atoms with Gasteiger partial charge in [-0.25, -0.2) is 4.98 Å². The summed E-state index contributed by atoms with van der Waals surface area (Å²) in [5, 5.41) is 11.5. The Balaban J connectivity index is 1.34. The van der Waals surface area contributed by atoms with Gasteiger partial charge in [0.25, 0.3) is 5.69 Å². The minimum Gasteiger partial charge on any atom is -0.340 e. The van der Waals surface area contributed by atoms with Crippen LogP contribution in [-0.2, 0) is 11.3 Å². The lowest BCUT2D eigenvalue weighted by molar-refractivity contribution is -0.384. The number of aromatic nitrogens is 2. The highest BCUT2D eigenvalue weighted by molar-refractivity contribution is 5.79. The lowest BCUT2D eigenvalue weighted by Gasteiger charge is -2.36. The Kier molecular flexibility index (Phi) is 6.87. The quantitative estimate of drug-likeness (QED) is 0.238. The van der Waals surface area contributed by atoms with E-state index >= 15 is 0 Å². The molecule has 0 unspecified atom stereocenters. The molecule has 1 saturated heterocycles. The van der Waals surface area contributed by atoms with Crippen LogP contribution in [0.1, 0.15) is 36.9 Å². The highest BCUT2D eigenvalue weighted by Crippen LogP contribution is 2.31. The van der Waals surface area contributed by atoms with E-state index in [2.05, 4.69) is 52.8 Å². The molecule has 1 aliphatic heterocycles. The first-order valence-corrected chi connectivity index (χ1v) is 13.8. The van der Waals surface area contributed by atoms with Gasteiger partial charge in [-0.3, -0.25) is 19.8 Å². The summed E-state index contributed by atoms with van der Waals surface area (Å²) >= 11 is 0. The predicted molar refractivity (Wildman–Crippen MR) is 151 cm³/mol. The van der Waals surface area contributed by atoms with Gasteiger partial charge in [0.1, 0.15) is 5.65 Å². The summed E-state index contributed by atoms with van der Waals surface area (Å²) in [6, 6.07) is 19.2. The molecule has 3 heterocycles. The summed E-state index contributed by atoms with van der Waals surface area (Å²) in [6.45, 7) is 5.76. The van der Waals surface area contributed by atoms with Gasteiger partial charge >= 0.3 is 0 Å². The van der Waals surface area contributed by atoms with Crippen LogP contribution >= 0.6 is 0 Å². The number of piperazine rings is 1. The van der Waals surface area contributed by atoms with Crippen LogP contribution in [0.5, 0.6) is 0 Å². The second-order valence-corrected chi connectivity index (χ2v) is 10.8. The van der Waals surface area contributed by atoms with E-state index < -0.39 is 0 Å². The van der Waals surface area contributed by atoms with Crippen LogP contribution in [0, 0.1) is 23.0 Å². The van der Waals surface area contributed by atoms with E-state index in [-0.39, 0.29) is 16.5 Å². The molecule has 39 heavy (non-hydrogen) atoms. The summed E-state index contributed by atoms with van der Waals surface area (Å²) < 4.78 is 2.13. The summed E-state index contributed by atoms with van der Waals surface area (Å²) in [5.41, 5.74) is 6.75. The number of benzene rings is 2. The number of nitrogens with zero attached hydrogens (tertiary/aromatic N) is 5. The maximum Gasteiger partial charge on any atom is 0.270 e. The smallest absolute Gasteiger partial charge is 0.270 e. The zero-order chi connectivity index (χ0) is 26.9. The van der Waals surface area contributed by atoms with Gasteiger partial charge < -0.3 is 9.30 Å². The number of nitro groups is 1. The highest BCUT2D eigenvalue weighted by atomic mass is 16.6. The van der Waals surface area contributed by atoms with Crippen LogP contribution in [0.15, 0.2) is 66.9 Å². The fraction of sp³-hybridized carbons (Fsp3) is 0.355. The number of hydrogen-bond donors (Lipinski definition) is 0. The number of carbonyl (C=O) groups excluding carboxylic acids is 1. The normalized spacial score (nSPS) is 16.7. The molecule has 6 rings (SSSR count). The second-order valence-electron chi connectivity index (χ2n) is 10.8. The van der Waals surface area contributed by atoms with E-state index in [1.54, 1.807) is 12.1 Å². The number of nitro benzene ring substituents is 1. The van der Waals surface area contributed by atoms with Gasteiger partial charge in [0.05, 0.1) is 16.3 Å². The number of rotatable bonds is 6. The third-order valence-corrected chi connectivity index (χ3v) is 8.16. The number of hydrogen-bond acceptors (Lipinski definition) is 5. The molecule has 0 radical (unpaired) electrons. The Morgan fingerprint density at radius 2 is 1.69 bits per heavy atom. The van der Waals surface area contributed by atoms with Gasteiger partial charge in [0.2, 0.25) is 5.91 Å². The van der Waals surface area contributed by atoms with Gasteiger partial charge in [0, 0.05) is 62.5 Å². The van der Waals surface area contributed by atoms with E-state index in [4.69, 9.17) is 4.98 Å². The zero-order valence-electron chi connectivity index (χ0n) is 22.3. The van der Waals surface area contributed by atoms with E-state index in [1.165, 1.54) is 11.6 Å². The molecule has 4 aromatic rings. The van der Waals surface area contributed by atoms with Crippen molar-refractivity contribution < 1.29 is 9.72 Å². The highest BCUT2D eigenvalue weighted by Gasteiger charge is 2.30. The summed E-state index contributed by atoms with van der Waals surface area (Å²) in [6.07, 6.45) is 6.49. The van der Waals surface area contributed by atoms with Crippen LogP contribution in [0.3, 0.4) is 0 Å². The lowest BCUT2D eigenvalue weighted by atomic mass is 10.1. The van der Waals surface area contributed by atoms with Crippen LogP contribution in [0.2, 0.25) is 0 Å². The van der Waals surface area contributed by atoms with Crippen molar-refractivity contribution in [3.8, 4) is 22.4 Å². The van der Waals surface area contributed by atoms with Crippen molar-refractivity contribution in [2.24, 2.45) is 5.92 Å². The SMILES string of the molecule is Cc1cccc(-c2ccc3nc(-c4cccc([N+](=O)[O-])c4)c(CN4CCN(C(=O)C5CCCC5)CC4)n3c2)c1. The molecule has 2 aliphatic rings. The van der Waals surface area contributed by atoms with Gasteiger partial charge in [-0.15, -0.1) is 0 Å². The Hall–Kier alpha value is -4.04. The van der Waals surface area contributed by atoms with Crippen molar-refractivity contribution in [1.82, 2.24) is 19.2 Å². The number of amides is 1. The molecule has 1 saturated carbocycles. The second kappa shape index (κ2) is 10.6. The molecule has 0 N–H and O–H groups in total. The maximum absolute atomic E-state index is 13.0. The average Bonchev–Trinajstić information content (AvgIpc) is 3.62. The Labute approximate surface area is 228 Å². The molecular formula is C31H33N5O3. The molecule has 0 spiro atoms. The van der Waals surface area contributed by atoms with E-state index in [9.17, 15) is 14.9 Å². The van der Waals surface area contributed by atoms with Gasteiger partial charge in [-0.1, -0.05) is 54.8 Å². The number of fused-ring (bicyclic) bond motifs is 1. The first kappa shape index (κ1) is 25.2. The first-order chi connectivity index (χ1) is 19.0. The molecule has 8 heteroatoms. The predicted octanol–water partition coefficient (Wildman–Crippen LogP) is 5.72. The standard InChI is InChI=1S/C31H33N5O3/c1-22-6-4-9-24(18-22)26-12-13-29-32-30(25-10-5-11-27(19-25)36(38)39)28(35(29)20-26)21-33-14-16-34(17-15-33)31(37)23-7-2-3-8-23/h4-6,9-13,18-20,23H,2-3,7-8,14-17,21H2,1H3. The largest absolute Gasteiger partial charge is 0.340 e. The van der Waals surface area contributed by atoms with E-state index in [1.807, 2.05) is 17.0 Å². The number of carbonyl (C=O) groups is 1. The van der Waals surface area contributed by atoms with Gasteiger partial charge in [-0.2, -0.15) is 0 Å². The molecule has 1 aliphatic carbocycles. The third-order valence-electron chi connectivity index (χ3n) is 8.16. The fourth-order valence-electron chi connectivity index (χ4n) is 6.01. The minimum absolute atomic E-state index is 0.0509. The van der Waals surface area contributed by atoms with Crippen molar-refractivity contribution >= 4 is 17.2 Å². The monoisotopic (exact) mass is 523 g/mol. The topological polar surface area (TPSA) is 84.0 Å². The average molecular weight is 524 g/mol. The Morgan fingerprint density at radius 3 is 2.44 bits per heavy atom. The van der Waals surface area contributed by atoms with Crippen LogP contribution in [0.25, 0.3) is 28.0 Å². The Morgan fingerprint density at radius 1 is 0.949 bits per heavy atom. The number of imidazole rings is 1. The van der Waals surface area contributed by atoms with E-state index in [0.29, 0.717) is 12.5 Å². The van der Waals surface area contributed by atoms with Crippen molar-refractivity contribution in [2.45, 2.75) is 39.2 Å². The Bertz CT molecular complexity index is 1530. The van der Waals surface area contributed by atoms with Crippen molar-refractivity contribution in [1.29, 1.82) is 0 Å². The number of aryl methyl sites for hydroxylation is 1. The molecule has 1 amide bonds. The zero-order valence-corrected chi connectivity index (χ0v) is 22.3. The van der Waals surface area contributed by atoms with Gasteiger partial charge in [-0.05, 0) is 43.0 Å². The first-order valence-electron chi connectivity index (χ1n) is 13.8. The van der Waals surface area contributed by atoms with E-state index in [0.717, 1.165) is 85.6 Å². The molecule has 0 atom stereocenters.